The summed E-state index contributed by atoms with van der Waals surface area (Å²) in [5, 5.41) is 103. The lowest BCUT2D eigenvalue weighted by Crippen LogP contribution is -2.32. The first-order valence-electron chi connectivity index (χ1n) is 42.3. The molecular formula is C99H99N15O12. The first kappa shape index (κ1) is 84.1. The molecule has 0 unspecified atom stereocenters. The van der Waals surface area contributed by atoms with Crippen LogP contribution in [-0.2, 0) is 106 Å². The number of fused-ring (bicyclic) bond motifs is 6. The Balaban J connectivity index is 0.801. The molecule has 27 nitrogen and oxygen atoms in total. The van der Waals surface area contributed by atoms with E-state index in [9.17, 15) is 59.4 Å². The number of aliphatic carboxylic acids is 6. The number of hydrogen-bond donors (Lipinski definition) is 21. The molecule has 0 aliphatic heterocycles. The fourth-order valence-electron chi connectivity index (χ4n) is 17.8. The second-order valence-corrected chi connectivity index (χ2v) is 32.0. The van der Waals surface area contributed by atoms with Crippen LogP contribution in [0.5, 0.6) is 0 Å². The van der Waals surface area contributed by atoms with Gasteiger partial charge in [0, 0.05) is 212 Å². The second kappa shape index (κ2) is 37.4. The molecule has 21 N–H and O–H groups in total. The number of anilines is 9. The largest absolute Gasteiger partial charge is 0.480 e. The average Bonchev–Trinajstić information content (AvgIpc) is 1.49. The Labute approximate surface area is 724 Å². The number of benzene rings is 10. The molecule has 0 aliphatic rings. The van der Waals surface area contributed by atoms with E-state index >= 15 is 0 Å². The number of nitrogens with one attached hydrogen (secondary N) is 15. The molecule has 10 aromatic carbocycles. The molecule has 6 atom stereocenters. The van der Waals surface area contributed by atoms with Gasteiger partial charge in [0.2, 0.25) is 0 Å². The third kappa shape index (κ3) is 18.9. The molecule has 0 fully saturated rings. The fraction of sp³-hybridized carbons (Fsp3) is 0.212. The fourth-order valence-corrected chi connectivity index (χ4v) is 17.8. The van der Waals surface area contributed by atoms with E-state index in [0.29, 0.717) is 70.4 Å². The van der Waals surface area contributed by atoms with Gasteiger partial charge in [0.25, 0.3) is 0 Å². The zero-order valence-corrected chi connectivity index (χ0v) is 69.6. The maximum Gasteiger partial charge on any atom is 0.326 e. The quantitative estimate of drug-likeness (QED) is 0.0169. The van der Waals surface area contributed by atoms with Gasteiger partial charge < -0.3 is 108 Å². The zero-order chi connectivity index (χ0) is 87.6. The smallest absolute Gasteiger partial charge is 0.326 e. The first-order chi connectivity index (χ1) is 61.2. The van der Waals surface area contributed by atoms with Crippen LogP contribution in [0, 0.1) is 0 Å². The van der Waals surface area contributed by atoms with E-state index in [1.807, 2.05) is 182 Å². The van der Waals surface area contributed by atoms with Crippen molar-refractivity contribution < 1.29 is 59.4 Å². The molecule has 16 aromatic rings. The van der Waals surface area contributed by atoms with Crippen molar-refractivity contribution in [1.82, 2.24) is 29.9 Å². The third-order valence-electron chi connectivity index (χ3n) is 23.9. The van der Waals surface area contributed by atoms with Crippen LogP contribution in [0.25, 0.3) is 65.4 Å². The predicted octanol–water partition coefficient (Wildman–Crippen LogP) is 17.7. The van der Waals surface area contributed by atoms with Crippen LogP contribution in [0.15, 0.2) is 237 Å². The molecule has 0 radical (unpaired) electrons. The second-order valence-electron chi connectivity index (χ2n) is 32.0. The summed E-state index contributed by atoms with van der Waals surface area (Å²) in [6.07, 6.45) is 12.8. The SMILES string of the molecule is CCc1c(CNc2cc(N[C@@H](Cc3c[nH]c4ccccc34)C(=O)O)cc(N[C@H](Cc3c[nH]c4ccccc34)C(=O)O)c2)c(CC)c(CNc2cc(N[C@@H](Cc3c[nH]c4ccccc34)C(=O)O)cc(N[C@H](Cc3c[nH]c4ccccc34)C(=O)O)c2)c(CC)c1CNc1cc(N[C@@H](Cc2c[nH]c3ccccc23)C(=O)O)cc(N[C@H](Cc2c[nH]c3ccccc23)C(=O)O)c1. The molecule has 27 heteroatoms. The van der Waals surface area contributed by atoms with Crippen LogP contribution in [-0.4, -0.2) is 133 Å². The minimum absolute atomic E-state index is 0.0824. The molecule has 16 rings (SSSR count). The molecule has 642 valence electrons. The lowest BCUT2D eigenvalue weighted by Gasteiger charge is -2.28. The third-order valence-corrected chi connectivity index (χ3v) is 23.9. The van der Waals surface area contributed by atoms with Crippen LogP contribution in [0.3, 0.4) is 0 Å². The normalized spacial score (nSPS) is 13.0. The van der Waals surface area contributed by atoms with Gasteiger partial charge in [0.1, 0.15) is 36.3 Å². The minimum Gasteiger partial charge on any atom is -0.480 e. The summed E-state index contributed by atoms with van der Waals surface area (Å²) < 4.78 is 0. The summed E-state index contributed by atoms with van der Waals surface area (Å²) in [7, 11) is 0. The van der Waals surface area contributed by atoms with Gasteiger partial charge >= 0.3 is 35.8 Å². The van der Waals surface area contributed by atoms with E-state index in [0.717, 1.165) is 132 Å². The molecular weight excluding hydrogens is 1590 g/mol. The van der Waals surface area contributed by atoms with Crippen LogP contribution in [0.4, 0.5) is 51.2 Å². The summed E-state index contributed by atoms with van der Waals surface area (Å²) in [6.45, 7) is 6.73. The first-order valence-corrected chi connectivity index (χ1v) is 42.3. The Morgan fingerprint density at radius 1 is 0.238 bits per heavy atom. The van der Waals surface area contributed by atoms with Crippen molar-refractivity contribution in [3.63, 3.8) is 0 Å². The van der Waals surface area contributed by atoms with Crippen molar-refractivity contribution in [2.75, 3.05) is 47.9 Å². The molecule has 0 saturated heterocycles. The molecule has 0 bridgehead atoms. The molecule has 6 aromatic heterocycles. The van der Waals surface area contributed by atoms with Crippen LogP contribution in [0.1, 0.15) is 87.5 Å². The summed E-state index contributed by atoms with van der Waals surface area (Å²) in [5.74, 6) is -6.70. The number of hydrogen-bond acceptors (Lipinski definition) is 15. The van der Waals surface area contributed by atoms with Crippen LogP contribution in [0.2, 0.25) is 0 Å². The number of carbonyl (C=O) groups is 6. The lowest BCUT2D eigenvalue weighted by molar-refractivity contribution is -0.138. The molecule has 6 heterocycles. The molecule has 0 aliphatic carbocycles. The van der Waals surface area contributed by atoms with Crippen molar-refractivity contribution in [1.29, 1.82) is 0 Å². The number of rotatable bonds is 42. The van der Waals surface area contributed by atoms with Crippen LogP contribution >= 0.6 is 0 Å². The van der Waals surface area contributed by atoms with Crippen molar-refractivity contribution in [3.05, 3.63) is 304 Å². The number of H-pyrrole nitrogens is 6. The van der Waals surface area contributed by atoms with Crippen LogP contribution < -0.4 is 47.9 Å². The Morgan fingerprint density at radius 2 is 0.397 bits per heavy atom. The summed E-state index contributed by atoms with van der Waals surface area (Å²) >= 11 is 0. The van der Waals surface area contributed by atoms with E-state index in [1.165, 1.54) is 0 Å². The molecule has 0 saturated carbocycles. The van der Waals surface area contributed by atoms with Gasteiger partial charge in [-0.15, -0.1) is 0 Å². The van der Waals surface area contributed by atoms with Crippen molar-refractivity contribution in [2.24, 2.45) is 0 Å². The van der Waals surface area contributed by atoms with Crippen molar-refractivity contribution in [2.45, 2.75) is 134 Å². The molecule has 126 heavy (non-hydrogen) atoms. The number of carboxylic acids is 6. The van der Waals surface area contributed by atoms with Gasteiger partial charge in [-0.05, 0) is 177 Å². The highest BCUT2D eigenvalue weighted by Crippen LogP contribution is 2.38. The molecule has 0 spiro atoms. The van der Waals surface area contributed by atoms with Crippen molar-refractivity contribution in [3.8, 4) is 0 Å². The monoisotopic (exact) mass is 1690 g/mol. The van der Waals surface area contributed by atoms with Gasteiger partial charge in [-0.25, -0.2) is 28.8 Å². The average molecular weight is 1690 g/mol. The standard InChI is InChI=1S/C99H99N15O12/c1-4-70-79(52-100-61-37-64(109-88(94(115)116)31-55-46-103-82-25-13-7-19-73(55)82)43-65(38-61)110-89(95(117)118)32-56-47-104-83-26-14-8-20-74(56)83)71(5-2)81(54-102-63-41-68(113-92(98(123)124)35-59-50-107-86-29-17-11-23-77(59)86)45-69(42-63)114-93(99(125)126)36-60-51-108-87-30-18-12-24-78(60)87)72(6-3)80(70)53-101-62-39-66(111-90(96(119)120)33-57-48-105-84-27-15-9-21-75(57)84)44-67(40-62)112-91(97(121)122)34-58-49-106-85-28-16-10-22-76(58)85/h7-30,37-51,88-93,100-114H,4-6,31-36,52-54H2,1-3H3,(H,115,116)(H,117,118)(H,119,120)(H,121,122)(H,123,124)(H,125,126)/t88-,89+,90-,91+,92-,93+. The van der Waals surface area contributed by atoms with Gasteiger partial charge in [0.15, 0.2) is 0 Å². The van der Waals surface area contributed by atoms with Gasteiger partial charge in [-0.2, -0.15) is 0 Å². The highest BCUT2D eigenvalue weighted by Gasteiger charge is 2.30. The highest BCUT2D eigenvalue weighted by atomic mass is 16.4. The molecule has 0 amide bonds. The van der Waals surface area contributed by atoms with E-state index < -0.39 is 72.1 Å². The Bertz CT molecular complexity index is 5740. The number of aromatic amines is 6. The predicted molar refractivity (Wildman–Crippen MR) is 498 cm³/mol. The van der Waals surface area contributed by atoms with E-state index in [4.69, 9.17) is 0 Å². The number of aromatic nitrogens is 6. The van der Waals surface area contributed by atoms with E-state index in [-0.39, 0.29) is 58.2 Å². The lowest BCUT2D eigenvalue weighted by atomic mass is 9.83. The topological polar surface area (TPSA) is 427 Å². The van der Waals surface area contributed by atoms with E-state index in [1.54, 1.807) is 55.4 Å². The summed E-state index contributed by atoms with van der Waals surface area (Å²) in [4.78, 5) is 101. The maximum atomic E-state index is 13.5. The van der Waals surface area contributed by atoms with Gasteiger partial charge in [-0.1, -0.05) is 130 Å². The van der Waals surface area contributed by atoms with Crippen molar-refractivity contribution >= 4 is 152 Å². The highest BCUT2D eigenvalue weighted by molar-refractivity contribution is 5.92. The minimum atomic E-state index is -1.16. The summed E-state index contributed by atoms with van der Waals surface area (Å²) in [6, 6.07) is 55.0. The van der Waals surface area contributed by atoms with E-state index in [2.05, 4.69) is 98.5 Å². The zero-order valence-electron chi connectivity index (χ0n) is 69.6. The Morgan fingerprint density at radius 3 is 0.556 bits per heavy atom. The Hall–Kier alpha value is -15.5. The van der Waals surface area contributed by atoms with Gasteiger partial charge in [0.05, 0.1) is 0 Å². The van der Waals surface area contributed by atoms with Gasteiger partial charge in [-0.3, -0.25) is 0 Å². The number of para-hydroxylation sites is 6. The number of carboxylic acid groups (broad SMARTS) is 6. The summed E-state index contributed by atoms with van der Waals surface area (Å²) in [5.41, 5.74) is 19.2. The Kier molecular flexibility index (Phi) is 25.0. The maximum absolute atomic E-state index is 13.5.